The molecule has 0 saturated carbocycles. The van der Waals surface area contributed by atoms with E-state index in [0.717, 1.165) is 23.5 Å². The number of pyridine rings is 1. The van der Waals surface area contributed by atoms with Crippen LogP contribution in [0, 0.1) is 19.8 Å². The van der Waals surface area contributed by atoms with Crippen molar-refractivity contribution in [2.45, 2.75) is 53.5 Å². The van der Waals surface area contributed by atoms with Crippen LogP contribution in [0.25, 0.3) is 11.4 Å². The Morgan fingerprint density at radius 3 is 2.48 bits per heavy atom. The third-order valence-corrected chi connectivity index (χ3v) is 4.00. The Balaban J connectivity index is 2.09. The maximum Gasteiger partial charge on any atom is 0.254 e. The van der Waals surface area contributed by atoms with Gasteiger partial charge in [0, 0.05) is 29.1 Å². The lowest BCUT2D eigenvalue weighted by Crippen LogP contribution is -2.17. The second kappa shape index (κ2) is 7.40. The topological polar surface area (TPSA) is 70.7 Å². The first-order chi connectivity index (χ1) is 10.9. The van der Waals surface area contributed by atoms with Gasteiger partial charge in [0.1, 0.15) is 11.6 Å². The van der Waals surface area contributed by atoms with Gasteiger partial charge in [0.2, 0.25) is 0 Å². The van der Waals surface area contributed by atoms with Gasteiger partial charge in [0.05, 0.1) is 0 Å². The number of anilines is 1. The fourth-order valence-electron chi connectivity index (χ4n) is 2.31. The summed E-state index contributed by atoms with van der Waals surface area (Å²) in [5.41, 5.74) is 2.11. The van der Waals surface area contributed by atoms with Crippen molar-refractivity contribution in [3.8, 4) is 11.4 Å². The second-order valence-electron chi connectivity index (χ2n) is 6.57. The van der Waals surface area contributed by atoms with Gasteiger partial charge >= 0.3 is 0 Å². The van der Waals surface area contributed by atoms with E-state index in [1.807, 2.05) is 19.1 Å². The predicted octanol–water partition coefficient (Wildman–Crippen LogP) is 3.69. The highest BCUT2D eigenvalue weighted by Crippen LogP contribution is 2.17. The summed E-state index contributed by atoms with van der Waals surface area (Å²) in [5.74, 6) is 2.11. The van der Waals surface area contributed by atoms with Gasteiger partial charge in [0.15, 0.2) is 0 Å². The van der Waals surface area contributed by atoms with Crippen LogP contribution in [0.3, 0.4) is 0 Å². The highest BCUT2D eigenvalue weighted by Gasteiger charge is 2.08. The number of aromatic amines is 1. The Bertz CT molecular complexity index is 704. The van der Waals surface area contributed by atoms with Crippen molar-refractivity contribution in [1.29, 1.82) is 0 Å². The molecule has 2 aromatic heterocycles. The third-order valence-electron chi connectivity index (χ3n) is 4.00. The Morgan fingerprint density at radius 2 is 1.91 bits per heavy atom. The van der Waals surface area contributed by atoms with E-state index in [0.29, 0.717) is 23.3 Å². The molecule has 0 radical (unpaired) electrons. The van der Waals surface area contributed by atoms with Gasteiger partial charge in [-0.1, -0.05) is 13.8 Å². The summed E-state index contributed by atoms with van der Waals surface area (Å²) in [6.45, 7) is 10.2. The minimum atomic E-state index is -0.1000. The average Bonchev–Trinajstić information content (AvgIpc) is 2.51. The number of rotatable bonds is 6. The number of nitrogens with one attached hydrogen (secondary N) is 2. The maximum absolute atomic E-state index is 11.8. The monoisotopic (exact) mass is 314 g/mol. The molecule has 1 unspecified atom stereocenters. The van der Waals surface area contributed by atoms with Crippen molar-refractivity contribution in [2.75, 3.05) is 5.32 Å². The summed E-state index contributed by atoms with van der Waals surface area (Å²) in [6.07, 6.45) is 4.05. The maximum atomic E-state index is 11.8. The SMILES string of the molecule is Cc1nc(-c2ccc(NC(C)CCC(C)C)nc2)[nH]c(=O)c1C. The quantitative estimate of drug-likeness (QED) is 0.853. The summed E-state index contributed by atoms with van der Waals surface area (Å²) in [7, 11) is 0. The molecule has 2 rings (SSSR count). The number of hydrogen-bond acceptors (Lipinski definition) is 4. The number of aromatic nitrogens is 3. The lowest BCUT2D eigenvalue weighted by atomic mass is 10.0. The Labute approximate surface area is 137 Å². The molecule has 1 atom stereocenters. The molecule has 0 aliphatic carbocycles. The van der Waals surface area contributed by atoms with E-state index in [1.54, 1.807) is 13.1 Å². The Morgan fingerprint density at radius 1 is 1.17 bits per heavy atom. The molecule has 124 valence electrons. The van der Waals surface area contributed by atoms with E-state index < -0.39 is 0 Å². The zero-order chi connectivity index (χ0) is 17.0. The summed E-state index contributed by atoms with van der Waals surface area (Å²) in [6, 6.07) is 4.24. The lowest BCUT2D eigenvalue weighted by molar-refractivity contribution is 0.527. The minimum Gasteiger partial charge on any atom is -0.368 e. The van der Waals surface area contributed by atoms with Crippen molar-refractivity contribution in [1.82, 2.24) is 15.0 Å². The second-order valence-corrected chi connectivity index (χ2v) is 6.57. The summed E-state index contributed by atoms with van der Waals surface area (Å²) < 4.78 is 0. The van der Waals surface area contributed by atoms with Crippen LogP contribution >= 0.6 is 0 Å². The lowest BCUT2D eigenvalue weighted by Gasteiger charge is -2.15. The van der Waals surface area contributed by atoms with Gasteiger partial charge in [-0.25, -0.2) is 9.97 Å². The van der Waals surface area contributed by atoms with Crippen molar-refractivity contribution < 1.29 is 0 Å². The van der Waals surface area contributed by atoms with E-state index in [1.165, 1.54) is 6.42 Å². The van der Waals surface area contributed by atoms with Crippen molar-refractivity contribution >= 4 is 5.82 Å². The zero-order valence-corrected chi connectivity index (χ0v) is 14.6. The van der Waals surface area contributed by atoms with E-state index >= 15 is 0 Å². The van der Waals surface area contributed by atoms with Gasteiger partial charge in [0.25, 0.3) is 5.56 Å². The first-order valence-corrected chi connectivity index (χ1v) is 8.17. The molecule has 5 heteroatoms. The van der Waals surface area contributed by atoms with Gasteiger partial charge in [-0.15, -0.1) is 0 Å². The normalized spacial score (nSPS) is 12.4. The molecule has 5 nitrogen and oxygen atoms in total. The molecule has 0 aliphatic heterocycles. The van der Waals surface area contributed by atoms with E-state index in [4.69, 9.17) is 0 Å². The van der Waals surface area contributed by atoms with Crippen molar-refractivity contribution in [3.63, 3.8) is 0 Å². The number of H-pyrrole nitrogens is 1. The fraction of sp³-hybridized carbons (Fsp3) is 0.500. The first kappa shape index (κ1) is 17.2. The molecule has 0 saturated heterocycles. The van der Waals surface area contributed by atoms with Gasteiger partial charge in [-0.2, -0.15) is 0 Å². The van der Waals surface area contributed by atoms with Crippen LogP contribution in [-0.4, -0.2) is 21.0 Å². The highest BCUT2D eigenvalue weighted by atomic mass is 16.1. The van der Waals surface area contributed by atoms with Crippen LogP contribution in [0.5, 0.6) is 0 Å². The summed E-state index contributed by atoms with van der Waals surface area (Å²) in [4.78, 5) is 23.5. The van der Waals surface area contributed by atoms with Gasteiger partial charge in [-0.3, -0.25) is 4.79 Å². The molecule has 2 heterocycles. The van der Waals surface area contributed by atoms with E-state index in [-0.39, 0.29) is 5.56 Å². The molecule has 0 aliphatic rings. The largest absolute Gasteiger partial charge is 0.368 e. The zero-order valence-electron chi connectivity index (χ0n) is 14.6. The molecule has 23 heavy (non-hydrogen) atoms. The smallest absolute Gasteiger partial charge is 0.254 e. The van der Waals surface area contributed by atoms with Crippen LogP contribution in [0.1, 0.15) is 44.9 Å². The Kier molecular flexibility index (Phi) is 5.53. The first-order valence-electron chi connectivity index (χ1n) is 8.17. The molecule has 2 N–H and O–H groups in total. The highest BCUT2D eigenvalue weighted by molar-refractivity contribution is 5.56. The Hall–Kier alpha value is -2.17. The molecular formula is C18H26N4O. The fourth-order valence-corrected chi connectivity index (χ4v) is 2.31. The van der Waals surface area contributed by atoms with Crippen molar-refractivity contribution in [2.24, 2.45) is 5.92 Å². The molecule has 0 amide bonds. The van der Waals surface area contributed by atoms with Gasteiger partial charge < -0.3 is 10.3 Å². The standard InChI is InChI=1S/C18H26N4O/c1-11(2)6-7-12(3)20-16-9-8-15(10-19-16)17-21-14(5)13(4)18(23)22-17/h8-12H,6-7H2,1-5H3,(H,19,20)(H,21,22,23). The van der Waals surface area contributed by atoms with E-state index in [9.17, 15) is 4.79 Å². The molecular weight excluding hydrogens is 288 g/mol. The van der Waals surface area contributed by atoms with Gasteiger partial charge in [-0.05, 0) is 51.7 Å². The number of hydrogen-bond donors (Lipinski definition) is 2. The number of nitrogens with zero attached hydrogens (tertiary/aromatic N) is 2. The molecule has 0 bridgehead atoms. The minimum absolute atomic E-state index is 0.1000. The van der Waals surface area contributed by atoms with Crippen LogP contribution in [-0.2, 0) is 0 Å². The van der Waals surface area contributed by atoms with Crippen LogP contribution in [0.15, 0.2) is 23.1 Å². The summed E-state index contributed by atoms with van der Waals surface area (Å²) in [5, 5.41) is 3.40. The van der Waals surface area contributed by atoms with Crippen molar-refractivity contribution in [3.05, 3.63) is 39.9 Å². The third kappa shape index (κ3) is 4.65. The molecule has 0 spiro atoms. The number of aryl methyl sites for hydroxylation is 1. The summed E-state index contributed by atoms with van der Waals surface area (Å²) >= 11 is 0. The predicted molar refractivity (Wildman–Crippen MR) is 94.7 cm³/mol. The van der Waals surface area contributed by atoms with E-state index in [2.05, 4.69) is 41.0 Å². The molecule has 0 aromatic carbocycles. The molecule has 0 fully saturated rings. The van der Waals surface area contributed by atoms with Crippen LogP contribution in [0.4, 0.5) is 5.82 Å². The average molecular weight is 314 g/mol. The molecule has 2 aromatic rings. The van der Waals surface area contributed by atoms with Crippen LogP contribution < -0.4 is 10.9 Å². The van der Waals surface area contributed by atoms with Crippen LogP contribution in [0.2, 0.25) is 0 Å².